The molecule has 1 heterocycles. The molecule has 3 aromatic rings. The molecular weight excluding hydrogens is 364 g/mol. The van der Waals surface area contributed by atoms with E-state index in [0.29, 0.717) is 23.3 Å². The van der Waals surface area contributed by atoms with Crippen molar-refractivity contribution < 1.29 is 4.74 Å². The molecule has 0 atom stereocenters. The summed E-state index contributed by atoms with van der Waals surface area (Å²) in [5.74, 6) is 2.23. The summed E-state index contributed by atoms with van der Waals surface area (Å²) in [6.45, 7) is 2.60. The number of aromatic nitrogens is 2. The Morgan fingerprint density at radius 3 is 2.58 bits per heavy atom. The average molecular weight is 385 g/mol. The van der Waals surface area contributed by atoms with Gasteiger partial charge in [-0.05, 0) is 31.2 Å². The highest BCUT2D eigenvalue weighted by Gasteiger charge is 2.04. The van der Waals surface area contributed by atoms with Crippen LogP contribution < -0.4 is 10.3 Å². The molecule has 1 N–H and O–H groups in total. The van der Waals surface area contributed by atoms with Gasteiger partial charge in [-0.2, -0.15) is 0 Å². The minimum Gasteiger partial charge on any atom is -0.493 e. The quantitative estimate of drug-likeness (QED) is 0.351. The lowest BCUT2D eigenvalue weighted by atomic mass is 10.2. The summed E-state index contributed by atoms with van der Waals surface area (Å²) >= 11 is 3.16. The molecular formula is C20H20N2O2S2. The number of thioether (sulfide) groups is 2. The minimum atomic E-state index is -0.120. The van der Waals surface area contributed by atoms with Crippen LogP contribution in [0.1, 0.15) is 11.3 Å². The maximum absolute atomic E-state index is 11.9. The Hall–Kier alpha value is -2.18. The van der Waals surface area contributed by atoms with Crippen LogP contribution in [0.2, 0.25) is 0 Å². The van der Waals surface area contributed by atoms with E-state index in [-0.39, 0.29) is 5.56 Å². The van der Waals surface area contributed by atoms with Gasteiger partial charge in [0.1, 0.15) is 5.75 Å². The van der Waals surface area contributed by atoms with E-state index in [1.54, 1.807) is 17.8 Å². The lowest BCUT2D eigenvalue weighted by Gasteiger charge is -2.07. The molecule has 0 fully saturated rings. The van der Waals surface area contributed by atoms with E-state index in [0.717, 1.165) is 16.3 Å². The lowest BCUT2D eigenvalue weighted by Crippen LogP contribution is -2.10. The van der Waals surface area contributed by atoms with Crippen LogP contribution in [0.15, 0.2) is 75.5 Å². The van der Waals surface area contributed by atoms with Crippen LogP contribution in [0.25, 0.3) is 0 Å². The molecule has 1 aromatic heterocycles. The van der Waals surface area contributed by atoms with E-state index >= 15 is 0 Å². The first kappa shape index (κ1) is 18.6. The van der Waals surface area contributed by atoms with Crippen molar-refractivity contribution in [2.45, 2.75) is 22.7 Å². The Kier molecular flexibility index (Phi) is 6.80. The van der Waals surface area contributed by atoms with Gasteiger partial charge in [0.2, 0.25) is 0 Å². The summed E-state index contributed by atoms with van der Waals surface area (Å²) in [6, 6.07) is 19.6. The summed E-state index contributed by atoms with van der Waals surface area (Å²) in [6.07, 6.45) is 0. The highest BCUT2D eigenvalue weighted by Crippen LogP contribution is 2.22. The standard InChI is InChI=1S/C20H20N2O2S2/c1-15-7-9-17(10-8-15)24-11-12-25-20-21-16(13-19(23)22-20)14-26-18-5-3-2-4-6-18/h2-10,13H,11-12,14H2,1H3,(H,21,22,23). The van der Waals surface area contributed by atoms with E-state index in [9.17, 15) is 4.79 Å². The summed E-state index contributed by atoms with van der Waals surface area (Å²) in [5.41, 5.74) is 1.87. The molecule has 6 heteroatoms. The first-order valence-electron chi connectivity index (χ1n) is 8.29. The van der Waals surface area contributed by atoms with Crippen molar-refractivity contribution in [3.05, 3.63) is 82.3 Å². The van der Waals surface area contributed by atoms with Crippen LogP contribution in [-0.2, 0) is 5.75 Å². The molecule has 4 nitrogen and oxygen atoms in total. The first-order chi connectivity index (χ1) is 12.7. The molecule has 26 heavy (non-hydrogen) atoms. The molecule has 0 saturated carbocycles. The Bertz CT molecular complexity index is 880. The number of nitrogens with one attached hydrogen (secondary N) is 1. The normalized spacial score (nSPS) is 10.7. The second kappa shape index (κ2) is 9.50. The number of hydrogen-bond acceptors (Lipinski definition) is 5. The zero-order valence-corrected chi connectivity index (χ0v) is 16.1. The molecule has 0 bridgehead atoms. The predicted octanol–water partition coefficient (Wildman–Crippen LogP) is 4.54. The average Bonchev–Trinajstić information content (AvgIpc) is 2.65. The fourth-order valence-corrected chi connectivity index (χ4v) is 3.76. The van der Waals surface area contributed by atoms with Crippen molar-refractivity contribution in [3.63, 3.8) is 0 Å². The molecule has 0 amide bonds. The molecule has 3 rings (SSSR count). The van der Waals surface area contributed by atoms with Crippen molar-refractivity contribution >= 4 is 23.5 Å². The highest BCUT2D eigenvalue weighted by molar-refractivity contribution is 7.99. The monoisotopic (exact) mass is 384 g/mol. The van der Waals surface area contributed by atoms with Gasteiger partial charge in [0.05, 0.1) is 12.3 Å². The van der Waals surface area contributed by atoms with Crippen molar-refractivity contribution in [1.29, 1.82) is 0 Å². The van der Waals surface area contributed by atoms with Crippen LogP contribution >= 0.6 is 23.5 Å². The number of aryl methyl sites for hydroxylation is 1. The SMILES string of the molecule is Cc1ccc(OCCSc2nc(CSc3ccccc3)cc(=O)[nH]2)cc1. The second-order valence-electron chi connectivity index (χ2n) is 5.65. The molecule has 0 aliphatic heterocycles. The van der Waals surface area contributed by atoms with Crippen LogP contribution in [0.3, 0.4) is 0 Å². The summed E-state index contributed by atoms with van der Waals surface area (Å²) in [7, 11) is 0. The van der Waals surface area contributed by atoms with Crippen LogP contribution in [0.5, 0.6) is 5.75 Å². The van der Waals surface area contributed by atoms with Crippen molar-refractivity contribution in [3.8, 4) is 5.75 Å². The van der Waals surface area contributed by atoms with Gasteiger partial charge >= 0.3 is 0 Å². The number of nitrogens with zero attached hydrogens (tertiary/aromatic N) is 1. The molecule has 0 radical (unpaired) electrons. The van der Waals surface area contributed by atoms with Gasteiger partial charge in [0, 0.05) is 22.5 Å². The third kappa shape index (κ3) is 5.97. The van der Waals surface area contributed by atoms with E-state index < -0.39 is 0 Å². The van der Waals surface area contributed by atoms with Gasteiger partial charge in [-0.25, -0.2) is 4.98 Å². The second-order valence-corrected chi connectivity index (χ2v) is 7.79. The predicted molar refractivity (Wildman–Crippen MR) is 108 cm³/mol. The summed E-state index contributed by atoms with van der Waals surface area (Å²) in [4.78, 5) is 20.3. The maximum Gasteiger partial charge on any atom is 0.251 e. The maximum atomic E-state index is 11.9. The van der Waals surface area contributed by atoms with Gasteiger partial charge in [0.25, 0.3) is 5.56 Å². The number of H-pyrrole nitrogens is 1. The first-order valence-corrected chi connectivity index (χ1v) is 10.3. The fraction of sp³-hybridized carbons (Fsp3) is 0.200. The molecule has 2 aromatic carbocycles. The number of benzene rings is 2. The number of aromatic amines is 1. The Morgan fingerprint density at radius 1 is 1.04 bits per heavy atom. The van der Waals surface area contributed by atoms with Crippen LogP contribution in [-0.4, -0.2) is 22.3 Å². The van der Waals surface area contributed by atoms with Gasteiger partial charge in [-0.1, -0.05) is 47.7 Å². The highest BCUT2D eigenvalue weighted by atomic mass is 32.2. The Morgan fingerprint density at radius 2 is 1.81 bits per heavy atom. The molecule has 0 spiro atoms. The van der Waals surface area contributed by atoms with Crippen molar-refractivity contribution in [1.82, 2.24) is 9.97 Å². The molecule has 0 aliphatic rings. The lowest BCUT2D eigenvalue weighted by molar-refractivity contribution is 0.344. The number of ether oxygens (including phenoxy) is 1. The third-order valence-corrected chi connectivity index (χ3v) is 5.40. The van der Waals surface area contributed by atoms with Crippen molar-refractivity contribution in [2.75, 3.05) is 12.4 Å². The van der Waals surface area contributed by atoms with Gasteiger partial charge in [0.15, 0.2) is 5.16 Å². The van der Waals surface area contributed by atoms with Crippen LogP contribution in [0.4, 0.5) is 0 Å². The zero-order chi connectivity index (χ0) is 18.2. The topological polar surface area (TPSA) is 55.0 Å². The molecule has 0 unspecified atom stereocenters. The molecule has 134 valence electrons. The number of hydrogen-bond donors (Lipinski definition) is 1. The smallest absolute Gasteiger partial charge is 0.251 e. The fourth-order valence-electron chi connectivity index (χ4n) is 2.23. The minimum absolute atomic E-state index is 0.120. The summed E-state index contributed by atoms with van der Waals surface area (Å²) in [5, 5.41) is 0.633. The third-order valence-electron chi connectivity index (χ3n) is 3.51. The van der Waals surface area contributed by atoms with Gasteiger partial charge in [-0.15, -0.1) is 11.8 Å². The Balaban J connectivity index is 1.50. The summed E-state index contributed by atoms with van der Waals surface area (Å²) < 4.78 is 5.70. The Labute approximate surface area is 161 Å². The number of rotatable bonds is 8. The van der Waals surface area contributed by atoms with Gasteiger partial charge < -0.3 is 9.72 Å². The van der Waals surface area contributed by atoms with Gasteiger partial charge in [-0.3, -0.25) is 4.79 Å². The largest absolute Gasteiger partial charge is 0.493 e. The van der Waals surface area contributed by atoms with E-state index in [2.05, 4.69) is 22.1 Å². The zero-order valence-electron chi connectivity index (χ0n) is 14.5. The van der Waals surface area contributed by atoms with Crippen LogP contribution in [0, 0.1) is 6.92 Å². The van der Waals surface area contributed by atoms with E-state index in [1.807, 2.05) is 49.4 Å². The van der Waals surface area contributed by atoms with E-state index in [4.69, 9.17) is 4.74 Å². The van der Waals surface area contributed by atoms with Crippen molar-refractivity contribution in [2.24, 2.45) is 0 Å². The molecule has 0 saturated heterocycles. The molecule has 0 aliphatic carbocycles. The van der Waals surface area contributed by atoms with E-state index in [1.165, 1.54) is 17.3 Å².